The molecule has 0 aliphatic carbocycles. The summed E-state index contributed by atoms with van der Waals surface area (Å²) in [6.07, 6.45) is 0. The first-order chi connectivity index (χ1) is 52.5. The fraction of sp³-hybridized carbons (Fsp3) is 0.109. The molecule has 0 fully saturated rings. The van der Waals surface area contributed by atoms with Gasteiger partial charge in [-0.15, -0.1) is 0 Å². The molecule has 20 rings (SSSR count). The van der Waals surface area contributed by atoms with Crippen LogP contribution in [-0.2, 0) is 10.8 Å². The van der Waals surface area contributed by atoms with Crippen LogP contribution in [0.25, 0.3) is 44.5 Å². The fourth-order valence-electron chi connectivity index (χ4n) is 18.5. The molecule has 5 aliphatic rings. The smallest absolute Gasteiger partial charge is 0.251 e. The van der Waals surface area contributed by atoms with Gasteiger partial charge in [0.25, 0.3) is 6.71 Å². The van der Waals surface area contributed by atoms with E-state index < -0.39 is 10.8 Å². The van der Waals surface area contributed by atoms with Gasteiger partial charge in [0.2, 0.25) is 0 Å². The molecule has 15 aromatic carbocycles. The lowest BCUT2D eigenvalue weighted by atomic mass is 9.34. The van der Waals surface area contributed by atoms with Crippen molar-refractivity contribution in [3.8, 4) is 79.0 Å². The van der Waals surface area contributed by atoms with Gasteiger partial charge in [0.15, 0.2) is 0 Å². The predicted molar refractivity (Wildman–Crippen MR) is 441 cm³/mol. The van der Waals surface area contributed by atoms with Gasteiger partial charge in [0, 0.05) is 45.8 Å². The Morgan fingerprint density at radius 3 is 0.813 bits per heavy atom. The maximum atomic E-state index is 7.93. The number of anilines is 6. The molecule has 6 heteroatoms. The molecule has 5 aliphatic heterocycles. The summed E-state index contributed by atoms with van der Waals surface area (Å²) >= 11 is 0. The van der Waals surface area contributed by atoms with E-state index in [0.29, 0.717) is 5.92 Å². The van der Waals surface area contributed by atoms with Crippen molar-refractivity contribution in [1.29, 1.82) is 0 Å². The Hall–Kier alpha value is -12.6. The maximum absolute atomic E-state index is 7.93. The van der Waals surface area contributed by atoms with Crippen molar-refractivity contribution >= 4 is 57.2 Å². The lowest BCUT2D eigenvalue weighted by Gasteiger charge is -2.49. The van der Waals surface area contributed by atoms with Crippen LogP contribution in [0, 0.1) is 0 Å². The molecule has 5 heterocycles. The number of rotatable bonds is 10. The molecule has 0 saturated heterocycles. The van der Waals surface area contributed by atoms with Gasteiger partial charge in [0.05, 0.1) is 33.6 Å². The SMILES string of the molecule is CC(C)c1cc(C(C)C)c(B2c3ccc(N4c5ccc(-c6ccccc6)cc5C5(c6ccccc6Oc6ccccc65)c5cc(-c6ccccc6)ccc54)cc3Oc3cc(N4c5ccc(-c6ccccc6)cc5C5(c6ccccc6Oc6ccccc65)c5cc(-c6ccccc6)ccc54)ccc32)c(C(C)C)c1. The van der Waals surface area contributed by atoms with E-state index in [-0.39, 0.29) is 18.5 Å². The molecule has 0 N–H and O–H groups in total. The van der Waals surface area contributed by atoms with E-state index in [0.717, 1.165) is 169 Å². The molecule has 2 spiro atoms. The topological polar surface area (TPSA) is 34.2 Å². The molecule has 5 nitrogen and oxygen atoms in total. The summed E-state index contributed by atoms with van der Waals surface area (Å²) in [6, 6.07) is 126. The molecular weight excluding hydrogens is 1300 g/mol. The van der Waals surface area contributed by atoms with E-state index in [9.17, 15) is 0 Å². The van der Waals surface area contributed by atoms with Crippen molar-refractivity contribution in [3.63, 3.8) is 0 Å². The number of fused-ring (bicyclic) bond motifs is 18. The largest absolute Gasteiger partial charge is 0.458 e. The van der Waals surface area contributed by atoms with E-state index in [2.05, 4.69) is 391 Å². The summed E-state index contributed by atoms with van der Waals surface area (Å²) in [7, 11) is 0. The minimum atomic E-state index is -0.828. The van der Waals surface area contributed by atoms with Crippen LogP contribution in [0.2, 0.25) is 0 Å². The Morgan fingerprint density at radius 2 is 0.523 bits per heavy atom. The highest BCUT2D eigenvalue weighted by molar-refractivity contribution is 6.97. The number of ether oxygens (including phenoxy) is 3. The summed E-state index contributed by atoms with van der Waals surface area (Å²) in [5.41, 5.74) is 30.4. The molecule has 0 bridgehead atoms. The van der Waals surface area contributed by atoms with Crippen LogP contribution in [0.3, 0.4) is 0 Å². The van der Waals surface area contributed by atoms with Crippen LogP contribution in [0.15, 0.2) is 340 Å². The molecule has 0 saturated carbocycles. The van der Waals surface area contributed by atoms with Crippen LogP contribution < -0.4 is 40.4 Å². The summed E-state index contributed by atoms with van der Waals surface area (Å²) in [5.74, 6) is 5.77. The van der Waals surface area contributed by atoms with Gasteiger partial charge >= 0.3 is 0 Å². The Kier molecular flexibility index (Phi) is 15.0. The number of para-hydroxylation sites is 4. The summed E-state index contributed by atoms with van der Waals surface area (Å²) < 4.78 is 22.0. The molecule has 0 amide bonds. The molecule has 107 heavy (non-hydrogen) atoms. The highest BCUT2D eigenvalue weighted by Gasteiger charge is 2.54. The van der Waals surface area contributed by atoms with E-state index >= 15 is 0 Å². The number of nitrogens with zero attached hydrogens (tertiary/aromatic N) is 2. The molecule has 15 aromatic rings. The average Bonchev–Trinajstić information content (AvgIpc) is 0.683. The lowest BCUT2D eigenvalue weighted by Crippen LogP contribution is -2.57. The minimum absolute atomic E-state index is 0.199. The molecule has 0 atom stereocenters. The van der Waals surface area contributed by atoms with Gasteiger partial charge in [-0.2, -0.15) is 0 Å². The number of hydrogen-bond acceptors (Lipinski definition) is 5. The monoisotopic (exact) mass is 1380 g/mol. The Balaban J connectivity index is 0.840. The standard InChI is InChI=1S/C101H77BN2O3/c1-63(2)74-55-77(64(3)4)99(78(56-74)65(5)6)102-87-49-47-75(103-89-51-43-70(66-27-11-7-12-28-66)57-83(89)100(84-58-71(44-52-90(84)103)67-29-13-8-14-30-67)79-35-19-23-39-93(79)105-94-40-24-20-36-80(94)100)61-97(87)107-98-62-76(48-50-88(98)102)104-91-53-45-72(68-31-15-9-16-32-68)59-85(91)101(86-60-73(46-54-92(86)104)69-33-17-10-18-34-69)81-37-21-25-41-95(81)106-96-42-26-22-38-82(96)101/h7-65H,1-6H3. The average molecular weight is 1380 g/mol. The number of hydrogen-bond donors (Lipinski definition) is 0. The molecule has 0 aromatic heterocycles. The first-order valence-corrected chi connectivity index (χ1v) is 37.8. The zero-order valence-electron chi connectivity index (χ0n) is 60.8. The molecule has 512 valence electrons. The zero-order valence-corrected chi connectivity index (χ0v) is 60.8. The maximum Gasteiger partial charge on any atom is 0.251 e. The zero-order chi connectivity index (χ0) is 71.8. The predicted octanol–water partition coefficient (Wildman–Crippen LogP) is 24.9. The third-order valence-electron chi connectivity index (χ3n) is 23.4. The van der Waals surface area contributed by atoms with Crippen molar-refractivity contribution in [1.82, 2.24) is 0 Å². The Morgan fingerprint density at radius 1 is 0.243 bits per heavy atom. The van der Waals surface area contributed by atoms with Crippen molar-refractivity contribution in [2.45, 2.75) is 70.1 Å². The first-order valence-electron chi connectivity index (χ1n) is 37.8. The van der Waals surface area contributed by atoms with Crippen molar-refractivity contribution in [2.24, 2.45) is 0 Å². The van der Waals surface area contributed by atoms with Crippen LogP contribution in [0.5, 0.6) is 34.5 Å². The second kappa shape index (κ2) is 25.0. The second-order valence-corrected chi connectivity index (χ2v) is 30.3. The quantitative estimate of drug-likeness (QED) is 0.128. The summed E-state index contributed by atoms with van der Waals surface area (Å²) in [5, 5.41) is 0. The Bertz CT molecular complexity index is 5430. The van der Waals surface area contributed by atoms with Gasteiger partial charge in [-0.05, 0) is 197 Å². The number of benzene rings is 15. The van der Waals surface area contributed by atoms with Crippen molar-refractivity contribution in [2.75, 3.05) is 9.80 Å². The Labute approximate surface area is 627 Å². The van der Waals surface area contributed by atoms with Crippen LogP contribution in [-0.4, -0.2) is 6.71 Å². The van der Waals surface area contributed by atoms with Crippen LogP contribution >= 0.6 is 0 Å². The first kappa shape index (κ1) is 64.0. The van der Waals surface area contributed by atoms with Crippen molar-refractivity contribution in [3.05, 3.63) is 401 Å². The van der Waals surface area contributed by atoms with Gasteiger partial charge in [-0.25, -0.2) is 0 Å². The fourth-order valence-corrected chi connectivity index (χ4v) is 18.5. The van der Waals surface area contributed by atoms with Crippen molar-refractivity contribution < 1.29 is 14.2 Å². The normalized spacial score (nSPS) is 14.1. The highest BCUT2D eigenvalue weighted by atomic mass is 16.5. The summed E-state index contributed by atoms with van der Waals surface area (Å²) in [4.78, 5) is 5.03. The second-order valence-electron chi connectivity index (χ2n) is 30.3. The van der Waals surface area contributed by atoms with Gasteiger partial charge in [-0.3, -0.25) is 0 Å². The van der Waals surface area contributed by atoms with Gasteiger partial charge in [-0.1, -0.05) is 290 Å². The third kappa shape index (κ3) is 9.84. The summed E-state index contributed by atoms with van der Waals surface area (Å²) in [6.45, 7) is 14.0. The van der Waals surface area contributed by atoms with E-state index in [1.807, 2.05) is 0 Å². The minimum Gasteiger partial charge on any atom is -0.458 e. The third-order valence-corrected chi connectivity index (χ3v) is 23.4. The van der Waals surface area contributed by atoms with Gasteiger partial charge < -0.3 is 24.0 Å². The van der Waals surface area contributed by atoms with E-state index in [1.54, 1.807) is 0 Å². The molecule has 0 unspecified atom stereocenters. The van der Waals surface area contributed by atoms with Gasteiger partial charge in [0.1, 0.15) is 34.5 Å². The lowest BCUT2D eigenvalue weighted by molar-refractivity contribution is 0.434. The van der Waals surface area contributed by atoms with E-state index in [1.165, 1.54) is 22.2 Å². The van der Waals surface area contributed by atoms with E-state index in [4.69, 9.17) is 14.2 Å². The van der Waals surface area contributed by atoms with Crippen LogP contribution in [0.4, 0.5) is 34.1 Å². The molecule has 0 radical (unpaired) electrons. The molecular formula is C101H77BN2O3. The van der Waals surface area contributed by atoms with Crippen LogP contribution in [0.1, 0.15) is 120 Å². The highest BCUT2D eigenvalue weighted by Crippen LogP contribution is 2.66.